The van der Waals surface area contributed by atoms with Gasteiger partial charge in [0.05, 0.1) is 5.69 Å². The fraction of sp³-hybridized carbons (Fsp3) is 0.429. The Bertz CT molecular complexity index is 516. The zero-order valence-electron chi connectivity index (χ0n) is 10.5. The van der Waals surface area contributed by atoms with Crippen LogP contribution < -0.4 is 11.1 Å². The van der Waals surface area contributed by atoms with E-state index in [9.17, 15) is 9.18 Å². The summed E-state index contributed by atoms with van der Waals surface area (Å²) in [5.74, 6) is -0.818. The van der Waals surface area contributed by atoms with E-state index in [1.165, 1.54) is 6.07 Å². The molecule has 0 radical (unpaired) electrons. The van der Waals surface area contributed by atoms with Crippen molar-refractivity contribution >= 4 is 11.6 Å². The molecule has 0 aliphatic heterocycles. The molecule has 0 atom stereocenters. The summed E-state index contributed by atoms with van der Waals surface area (Å²) >= 11 is 0. The van der Waals surface area contributed by atoms with Crippen molar-refractivity contribution in [1.82, 2.24) is 0 Å². The zero-order valence-corrected chi connectivity index (χ0v) is 10.5. The third-order valence-corrected chi connectivity index (χ3v) is 3.61. The van der Waals surface area contributed by atoms with Crippen molar-refractivity contribution in [2.45, 2.75) is 31.7 Å². The predicted molar refractivity (Wildman–Crippen MR) is 69.7 cm³/mol. The first-order valence-electron chi connectivity index (χ1n) is 6.36. The van der Waals surface area contributed by atoms with Crippen LogP contribution in [0.1, 0.15) is 31.2 Å². The molecule has 1 amide bonds. The van der Waals surface area contributed by atoms with Crippen molar-refractivity contribution in [3.63, 3.8) is 0 Å². The topological polar surface area (TPSA) is 78.9 Å². The maximum absolute atomic E-state index is 13.4. The first-order valence-corrected chi connectivity index (χ1v) is 6.36. The first kappa shape index (κ1) is 13.3. The summed E-state index contributed by atoms with van der Waals surface area (Å²) in [5.41, 5.74) is 5.84. The molecule has 3 N–H and O–H groups in total. The second-order valence-electron chi connectivity index (χ2n) is 4.87. The number of primary amides is 1. The summed E-state index contributed by atoms with van der Waals surface area (Å²) in [6.07, 6.45) is 3.08. The quantitative estimate of drug-likeness (QED) is 0.875. The fourth-order valence-electron chi connectivity index (χ4n) is 2.50. The largest absolute Gasteiger partial charge is 0.381 e. The number of nitrogens with one attached hydrogen (secondary N) is 1. The number of nitrogens with two attached hydrogens (primary N) is 1. The summed E-state index contributed by atoms with van der Waals surface area (Å²) < 4.78 is 13.4. The Morgan fingerprint density at radius 1 is 1.37 bits per heavy atom. The molecule has 1 aliphatic carbocycles. The third-order valence-electron chi connectivity index (χ3n) is 3.61. The Morgan fingerprint density at radius 2 is 2.05 bits per heavy atom. The van der Waals surface area contributed by atoms with Crippen LogP contribution in [0.3, 0.4) is 0 Å². The maximum atomic E-state index is 13.4. The van der Waals surface area contributed by atoms with Crippen LogP contribution in [-0.4, -0.2) is 11.9 Å². The van der Waals surface area contributed by atoms with Crippen LogP contribution in [0.5, 0.6) is 0 Å². The van der Waals surface area contributed by atoms with Crippen LogP contribution in [0.4, 0.5) is 10.1 Å². The molecule has 1 saturated carbocycles. The van der Waals surface area contributed by atoms with Gasteiger partial charge in [-0.2, -0.15) is 5.26 Å². The lowest BCUT2D eigenvalue weighted by Crippen LogP contribution is -2.32. The highest BCUT2D eigenvalue weighted by Crippen LogP contribution is 2.28. The van der Waals surface area contributed by atoms with Crippen LogP contribution in [0, 0.1) is 23.1 Å². The molecule has 0 saturated heterocycles. The lowest BCUT2D eigenvalue weighted by Gasteiger charge is -2.28. The predicted octanol–water partition coefficient (Wildman–Crippen LogP) is 2.15. The molecule has 1 fully saturated rings. The van der Waals surface area contributed by atoms with Gasteiger partial charge in [-0.15, -0.1) is 0 Å². The number of carbonyl (C=O) groups excluding carboxylic acids is 1. The Labute approximate surface area is 111 Å². The molecule has 0 unspecified atom stereocenters. The zero-order chi connectivity index (χ0) is 13.8. The van der Waals surface area contributed by atoms with Crippen molar-refractivity contribution in [2.75, 3.05) is 5.32 Å². The van der Waals surface area contributed by atoms with Crippen molar-refractivity contribution < 1.29 is 9.18 Å². The minimum atomic E-state index is -0.515. The van der Waals surface area contributed by atoms with Crippen LogP contribution >= 0.6 is 0 Å². The van der Waals surface area contributed by atoms with E-state index >= 15 is 0 Å². The molecule has 0 spiro atoms. The van der Waals surface area contributed by atoms with Gasteiger partial charge in [0.15, 0.2) is 0 Å². The molecule has 2 rings (SSSR count). The Balaban J connectivity index is 2.02. The van der Waals surface area contributed by atoms with E-state index in [0.717, 1.165) is 25.7 Å². The molecule has 5 heteroatoms. The Hall–Kier alpha value is -2.09. The number of hydrogen-bond donors (Lipinski definition) is 2. The monoisotopic (exact) mass is 261 g/mol. The van der Waals surface area contributed by atoms with E-state index < -0.39 is 5.82 Å². The average Bonchev–Trinajstić information content (AvgIpc) is 2.39. The molecule has 4 nitrogen and oxygen atoms in total. The van der Waals surface area contributed by atoms with Crippen LogP contribution in [0.25, 0.3) is 0 Å². The summed E-state index contributed by atoms with van der Waals surface area (Å²) in [4.78, 5) is 11.1. The van der Waals surface area contributed by atoms with Crippen LogP contribution in [0.15, 0.2) is 18.2 Å². The van der Waals surface area contributed by atoms with E-state index in [-0.39, 0.29) is 23.4 Å². The number of nitrogens with zero attached hydrogens (tertiary/aromatic N) is 1. The highest BCUT2D eigenvalue weighted by molar-refractivity contribution is 5.76. The van der Waals surface area contributed by atoms with Crippen molar-refractivity contribution in [3.05, 3.63) is 29.6 Å². The van der Waals surface area contributed by atoms with Crippen molar-refractivity contribution in [1.29, 1.82) is 5.26 Å². The van der Waals surface area contributed by atoms with Crippen LogP contribution in [0.2, 0.25) is 0 Å². The molecular weight excluding hydrogens is 245 g/mol. The van der Waals surface area contributed by atoms with Gasteiger partial charge in [0.1, 0.15) is 17.4 Å². The van der Waals surface area contributed by atoms with E-state index in [1.54, 1.807) is 12.1 Å². The van der Waals surface area contributed by atoms with E-state index in [1.807, 2.05) is 6.07 Å². The first-order chi connectivity index (χ1) is 9.11. The Morgan fingerprint density at radius 3 is 2.63 bits per heavy atom. The lowest BCUT2D eigenvalue weighted by molar-refractivity contribution is -0.122. The smallest absolute Gasteiger partial charge is 0.220 e. The minimum absolute atomic E-state index is 0.0412. The van der Waals surface area contributed by atoms with Gasteiger partial charge in [0, 0.05) is 12.0 Å². The highest BCUT2D eigenvalue weighted by Gasteiger charge is 2.25. The average molecular weight is 261 g/mol. The second kappa shape index (κ2) is 5.70. The molecule has 0 bridgehead atoms. The molecule has 0 aromatic heterocycles. The number of anilines is 1. The summed E-state index contributed by atoms with van der Waals surface area (Å²) in [5, 5.41) is 12.1. The van der Waals surface area contributed by atoms with Gasteiger partial charge in [0.2, 0.25) is 5.91 Å². The minimum Gasteiger partial charge on any atom is -0.381 e. The van der Waals surface area contributed by atoms with Gasteiger partial charge >= 0.3 is 0 Å². The lowest BCUT2D eigenvalue weighted by atomic mass is 9.85. The third kappa shape index (κ3) is 3.02. The number of carbonyl (C=O) groups is 1. The molecule has 100 valence electrons. The van der Waals surface area contributed by atoms with Gasteiger partial charge < -0.3 is 11.1 Å². The molecule has 1 aromatic rings. The van der Waals surface area contributed by atoms with Gasteiger partial charge in [-0.05, 0) is 37.8 Å². The molecule has 19 heavy (non-hydrogen) atoms. The van der Waals surface area contributed by atoms with E-state index in [2.05, 4.69) is 5.32 Å². The van der Waals surface area contributed by atoms with Crippen molar-refractivity contribution in [3.8, 4) is 6.07 Å². The second-order valence-corrected chi connectivity index (χ2v) is 4.87. The van der Waals surface area contributed by atoms with Crippen LogP contribution in [-0.2, 0) is 4.79 Å². The number of nitriles is 1. The van der Waals surface area contributed by atoms with Crippen molar-refractivity contribution in [2.24, 2.45) is 11.7 Å². The normalized spacial score (nSPS) is 22.5. The number of amides is 1. The number of hydrogen-bond acceptors (Lipinski definition) is 3. The summed E-state index contributed by atoms with van der Waals surface area (Å²) in [6.45, 7) is 0. The highest BCUT2D eigenvalue weighted by atomic mass is 19.1. The number of halogens is 1. The SMILES string of the molecule is N#Cc1c(F)cccc1NC1CCC(C(N)=O)CC1. The molecule has 1 aromatic carbocycles. The number of benzene rings is 1. The van der Waals surface area contributed by atoms with E-state index in [4.69, 9.17) is 11.0 Å². The molecule has 1 aliphatic rings. The van der Waals surface area contributed by atoms with Gasteiger partial charge in [-0.3, -0.25) is 4.79 Å². The summed E-state index contributed by atoms with van der Waals surface area (Å²) in [6, 6.07) is 6.57. The Kier molecular flexibility index (Phi) is 4.00. The summed E-state index contributed by atoms with van der Waals surface area (Å²) in [7, 11) is 0. The number of rotatable bonds is 3. The van der Waals surface area contributed by atoms with Gasteiger partial charge in [0.25, 0.3) is 0 Å². The molecular formula is C14H16FN3O. The van der Waals surface area contributed by atoms with Gasteiger partial charge in [-0.25, -0.2) is 4.39 Å². The van der Waals surface area contributed by atoms with Gasteiger partial charge in [-0.1, -0.05) is 6.07 Å². The fourth-order valence-corrected chi connectivity index (χ4v) is 2.50. The molecule has 0 heterocycles. The maximum Gasteiger partial charge on any atom is 0.220 e. The standard InChI is InChI=1S/C14H16FN3O/c15-12-2-1-3-13(11(12)8-16)18-10-6-4-9(5-7-10)14(17)19/h1-3,9-10,18H,4-7H2,(H2,17,19). The van der Waals surface area contributed by atoms with E-state index in [0.29, 0.717) is 5.69 Å².